The van der Waals surface area contributed by atoms with Crippen molar-refractivity contribution in [2.75, 3.05) is 41.8 Å². The van der Waals surface area contributed by atoms with Gasteiger partial charge in [0, 0.05) is 24.3 Å². The molecule has 7 heteroatoms. The van der Waals surface area contributed by atoms with Gasteiger partial charge in [0.2, 0.25) is 0 Å². The summed E-state index contributed by atoms with van der Waals surface area (Å²) in [4.78, 5) is 27.7. The van der Waals surface area contributed by atoms with Crippen LogP contribution in [-0.2, 0) is 4.74 Å². The van der Waals surface area contributed by atoms with Crippen LogP contribution in [0.2, 0.25) is 0 Å². The molecule has 2 N–H and O–H groups in total. The van der Waals surface area contributed by atoms with Crippen molar-refractivity contribution < 1.29 is 18.7 Å². The van der Waals surface area contributed by atoms with Crippen LogP contribution in [0.4, 0.5) is 21.5 Å². The van der Waals surface area contributed by atoms with E-state index in [0.29, 0.717) is 30.2 Å². The fourth-order valence-electron chi connectivity index (χ4n) is 3.59. The van der Waals surface area contributed by atoms with E-state index in [1.54, 1.807) is 24.3 Å². The number of rotatable bonds is 5. The van der Waals surface area contributed by atoms with Crippen LogP contribution in [0.15, 0.2) is 66.7 Å². The summed E-state index contributed by atoms with van der Waals surface area (Å²) in [6.07, 6.45) is 0. The van der Waals surface area contributed by atoms with Gasteiger partial charge in [-0.15, -0.1) is 0 Å². The van der Waals surface area contributed by atoms with E-state index in [9.17, 15) is 14.0 Å². The van der Waals surface area contributed by atoms with Gasteiger partial charge in [0.05, 0.1) is 30.2 Å². The topological polar surface area (TPSA) is 70.7 Å². The summed E-state index contributed by atoms with van der Waals surface area (Å²) < 4.78 is 19.4. The Bertz CT molecular complexity index is 1140. The molecule has 1 aliphatic heterocycles. The second kappa shape index (κ2) is 9.62. The van der Waals surface area contributed by atoms with Crippen molar-refractivity contribution in [3.63, 3.8) is 0 Å². The predicted molar refractivity (Wildman–Crippen MR) is 123 cm³/mol. The highest BCUT2D eigenvalue weighted by atomic mass is 19.1. The number of hydrogen-bond donors (Lipinski definition) is 2. The number of carbonyl (C=O) groups excluding carboxylic acids is 2. The van der Waals surface area contributed by atoms with Gasteiger partial charge in [-0.05, 0) is 48.9 Å². The minimum absolute atomic E-state index is 0.0545. The molecule has 0 saturated carbocycles. The molecular formula is C25H24FN3O3. The fourth-order valence-corrected chi connectivity index (χ4v) is 3.59. The Morgan fingerprint density at radius 2 is 1.56 bits per heavy atom. The maximum Gasteiger partial charge on any atom is 0.258 e. The molecule has 32 heavy (non-hydrogen) atoms. The Kier molecular flexibility index (Phi) is 6.47. The quantitative estimate of drug-likeness (QED) is 0.623. The molecule has 3 aromatic rings. The normalized spacial score (nSPS) is 13.5. The van der Waals surface area contributed by atoms with E-state index < -0.39 is 11.7 Å². The second-order valence-electron chi connectivity index (χ2n) is 7.53. The average molecular weight is 433 g/mol. The first kappa shape index (κ1) is 21.5. The molecule has 6 nitrogen and oxygen atoms in total. The molecule has 1 fully saturated rings. The third-order valence-electron chi connectivity index (χ3n) is 5.37. The molecule has 1 saturated heterocycles. The standard InChI is InChI=1S/C25H24FN3O3/c1-17-10-11-18(16-22(17)28-25(31)19-6-2-3-7-20(19)26)24(30)27-21-8-4-5-9-23(21)29-12-14-32-15-13-29/h2-11,16H,12-15H2,1H3,(H,27,30)(H,28,31). The van der Waals surface area contributed by atoms with Crippen molar-refractivity contribution in [2.24, 2.45) is 0 Å². The summed E-state index contributed by atoms with van der Waals surface area (Å²) >= 11 is 0. The molecule has 0 radical (unpaired) electrons. The lowest BCUT2D eigenvalue weighted by Gasteiger charge is -2.30. The number of halogens is 1. The zero-order chi connectivity index (χ0) is 22.5. The van der Waals surface area contributed by atoms with Crippen molar-refractivity contribution >= 4 is 28.9 Å². The van der Waals surface area contributed by atoms with Gasteiger partial charge in [0.25, 0.3) is 11.8 Å². The van der Waals surface area contributed by atoms with Crippen LogP contribution in [0.3, 0.4) is 0 Å². The van der Waals surface area contributed by atoms with E-state index in [0.717, 1.165) is 24.3 Å². The third kappa shape index (κ3) is 4.78. The molecule has 1 heterocycles. The summed E-state index contributed by atoms with van der Waals surface area (Å²) in [5, 5.41) is 5.68. The molecule has 164 valence electrons. The molecule has 0 spiro atoms. The largest absolute Gasteiger partial charge is 0.378 e. The van der Waals surface area contributed by atoms with E-state index in [-0.39, 0.29) is 11.5 Å². The van der Waals surface area contributed by atoms with Crippen molar-refractivity contribution in [1.29, 1.82) is 0 Å². The number of carbonyl (C=O) groups is 2. The number of aryl methyl sites for hydroxylation is 1. The average Bonchev–Trinajstić information content (AvgIpc) is 2.81. The molecule has 3 aromatic carbocycles. The second-order valence-corrected chi connectivity index (χ2v) is 7.53. The highest BCUT2D eigenvalue weighted by molar-refractivity contribution is 6.08. The van der Waals surface area contributed by atoms with Gasteiger partial charge in [-0.1, -0.05) is 30.3 Å². The summed E-state index contributed by atoms with van der Waals surface area (Å²) in [6.45, 7) is 4.61. The van der Waals surface area contributed by atoms with Crippen LogP contribution in [0.5, 0.6) is 0 Å². The fraction of sp³-hybridized carbons (Fsp3) is 0.200. The van der Waals surface area contributed by atoms with Gasteiger partial charge in [-0.3, -0.25) is 9.59 Å². The molecule has 0 unspecified atom stereocenters. The number of morpholine rings is 1. The minimum Gasteiger partial charge on any atom is -0.378 e. The van der Waals surface area contributed by atoms with E-state index in [2.05, 4.69) is 15.5 Å². The highest BCUT2D eigenvalue weighted by Gasteiger charge is 2.18. The lowest BCUT2D eigenvalue weighted by Crippen LogP contribution is -2.36. The Balaban J connectivity index is 1.53. The summed E-state index contributed by atoms with van der Waals surface area (Å²) in [5.41, 5.74) is 3.19. The molecule has 4 rings (SSSR count). The van der Waals surface area contributed by atoms with Crippen LogP contribution < -0.4 is 15.5 Å². The number of anilines is 3. The minimum atomic E-state index is -0.601. The first-order valence-electron chi connectivity index (χ1n) is 10.4. The maximum absolute atomic E-state index is 13.9. The van der Waals surface area contributed by atoms with E-state index in [1.807, 2.05) is 31.2 Å². The number of nitrogens with zero attached hydrogens (tertiary/aromatic N) is 1. The zero-order valence-electron chi connectivity index (χ0n) is 17.7. The number of para-hydroxylation sites is 2. The number of hydrogen-bond acceptors (Lipinski definition) is 4. The first-order chi connectivity index (χ1) is 15.5. The van der Waals surface area contributed by atoms with Gasteiger partial charge in [-0.2, -0.15) is 0 Å². The van der Waals surface area contributed by atoms with Gasteiger partial charge in [0.15, 0.2) is 0 Å². The predicted octanol–water partition coefficient (Wildman–Crippen LogP) is 4.48. The lowest BCUT2D eigenvalue weighted by molar-refractivity contribution is 0.101. The monoisotopic (exact) mass is 433 g/mol. The number of benzene rings is 3. The highest BCUT2D eigenvalue weighted by Crippen LogP contribution is 2.27. The Labute approximate surface area is 186 Å². The molecule has 0 aromatic heterocycles. The summed E-state index contributed by atoms with van der Waals surface area (Å²) in [5.74, 6) is -1.47. The lowest BCUT2D eigenvalue weighted by atomic mass is 10.1. The van der Waals surface area contributed by atoms with Gasteiger partial charge in [-0.25, -0.2) is 4.39 Å². The number of nitrogens with one attached hydrogen (secondary N) is 2. The van der Waals surface area contributed by atoms with Gasteiger partial charge >= 0.3 is 0 Å². The molecule has 1 aliphatic rings. The number of ether oxygens (including phenoxy) is 1. The van der Waals surface area contributed by atoms with Crippen molar-refractivity contribution in [2.45, 2.75) is 6.92 Å². The van der Waals surface area contributed by atoms with Crippen LogP contribution in [-0.4, -0.2) is 38.1 Å². The Morgan fingerprint density at radius 3 is 2.34 bits per heavy atom. The van der Waals surface area contributed by atoms with E-state index >= 15 is 0 Å². The zero-order valence-corrected chi connectivity index (χ0v) is 17.7. The van der Waals surface area contributed by atoms with E-state index in [4.69, 9.17) is 4.74 Å². The van der Waals surface area contributed by atoms with Crippen LogP contribution in [0.1, 0.15) is 26.3 Å². The van der Waals surface area contributed by atoms with Crippen molar-refractivity contribution in [3.8, 4) is 0 Å². The Hall–Kier alpha value is -3.71. The molecule has 2 amide bonds. The third-order valence-corrected chi connectivity index (χ3v) is 5.37. The Morgan fingerprint density at radius 1 is 0.875 bits per heavy atom. The summed E-state index contributed by atoms with van der Waals surface area (Å²) in [7, 11) is 0. The maximum atomic E-state index is 13.9. The van der Waals surface area contributed by atoms with Gasteiger partial charge < -0.3 is 20.3 Å². The molecule has 0 aliphatic carbocycles. The van der Waals surface area contributed by atoms with Crippen LogP contribution in [0, 0.1) is 12.7 Å². The SMILES string of the molecule is Cc1ccc(C(=O)Nc2ccccc2N2CCOCC2)cc1NC(=O)c1ccccc1F. The van der Waals surface area contributed by atoms with Crippen molar-refractivity contribution in [3.05, 3.63) is 89.2 Å². The first-order valence-corrected chi connectivity index (χ1v) is 10.4. The summed E-state index contributed by atoms with van der Waals surface area (Å²) in [6, 6.07) is 18.4. The van der Waals surface area contributed by atoms with Gasteiger partial charge in [0.1, 0.15) is 5.82 Å². The smallest absolute Gasteiger partial charge is 0.258 e. The van der Waals surface area contributed by atoms with Crippen LogP contribution >= 0.6 is 0 Å². The molecular weight excluding hydrogens is 409 g/mol. The van der Waals surface area contributed by atoms with Crippen molar-refractivity contribution in [1.82, 2.24) is 0 Å². The number of amides is 2. The molecule has 0 bridgehead atoms. The van der Waals surface area contributed by atoms with E-state index in [1.165, 1.54) is 18.2 Å². The van der Waals surface area contributed by atoms with Crippen LogP contribution in [0.25, 0.3) is 0 Å². The molecule has 0 atom stereocenters.